The van der Waals surface area contributed by atoms with Gasteiger partial charge in [-0.3, -0.25) is 0 Å². The highest BCUT2D eigenvalue weighted by Gasteiger charge is 2.17. The van der Waals surface area contributed by atoms with Crippen molar-refractivity contribution in [3.8, 4) is 0 Å². The smallest absolute Gasteiger partial charge is 0.152 e. The van der Waals surface area contributed by atoms with Crippen LogP contribution in [0, 0.1) is 5.92 Å². The molecule has 4 heteroatoms. The molecule has 13 heavy (non-hydrogen) atoms. The maximum atomic E-state index is 5.46. The Morgan fingerprint density at radius 2 is 2.46 bits per heavy atom. The number of aromatic nitrogens is 3. The highest BCUT2D eigenvalue weighted by molar-refractivity contribution is 4.96. The fraction of sp³-hybridized carbons (Fsp3) is 0.778. The predicted octanol–water partition coefficient (Wildman–Crippen LogP) is 0.362. The van der Waals surface area contributed by atoms with Gasteiger partial charge in [0.25, 0.3) is 0 Å². The lowest BCUT2D eigenvalue weighted by Gasteiger charge is -2.17. The van der Waals surface area contributed by atoms with Crippen molar-refractivity contribution in [2.75, 3.05) is 6.54 Å². The summed E-state index contributed by atoms with van der Waals surface area (Å²) in [6.07, 6.45) is 3.11. The van der Waals surface area contributed by atoms with Crippen LogP contribution in [0.5, 0.6) is 0 Å². The van der Waals surface area contributed by atoms with E-state index in [1.807, 2.05) is 4.68 Å². The largest absolute Gasteiger partial charge is 0.330 e. The van der Waals surface area contributed by atoms with Gasteiger partial charge < -0.3 is 5.73 Å². The summed E-state index contributed by atoms with van der Waals surface area (Å²) in [7, 11) is 0. The SMILES string of the molecule is CC1CCc2nc(CCN)nn2C1. The van der Waals surface area contributed by atoms with Crippen molar-refractivity contribution < 1.29 is 0 Å². The van der Waals surface area contributed by atoms with Gasteiger partial charge in [0.15, 0.2) is 5.82 Å². The van der Waals surface area contributed by atoms with Gasteiger partial charge in [-0.1, -0.05) is 6.92 Å². The van der Waals surface area contributed by atoms with Crippen molar-refractivity contribution in [3.05, 3.63) is 11.6 Å². The average molecular weight is 180 g/mol. The molecule has 1 aromatic heterocycles. The zero-order valence-corrected chi connectivity index (χ0v) is 8.03. The number of nitrogens with zero attached hydrogens (tertiary/aromatic N) is 3. The van der Waals surface area contributed by atoms with E-state index in [1.54, 1.807) is 0 Å². The topological polar surface area (TPSA) is 56.7 Å². The summed E-state index contributed by atoms with van der Waals surface area (Å²) in [6, 6.07) is 0. The summed E-state index contributed by atoms with van der Waals surface area (Å²) in [5.41, 5.74) is 5.46. The normalized spacial score (nSPS) is 21.5. The molecule has 0 fully saturated rings. The first-order valence-corrected chi connectivity index (χ1v) is 4.92. The lowest BCUT2D eigenvalue weighted by Crippen LogP contribution is -2.18. The molecule has 0 radical (unpaired) electrons. The molecular formula is C9H16N4. The van der Waals surface area contributed by atoms with E-state index in [-0.39, 0.29) is 0 Å². The Morgan fingerprint density at radius 3 is 3.23 bits per heavy atom. The van der Waals surface area contributed by atoms with Gasteiger partial charge in [-0.05, 0) is 18.9 Å². The van der Waals surface area contributed by atoms with Gasteiger partial charge in [0.1, 0.15) is 5.82 Å². The van der Waals surface area contributed by atoms with Crippen molar-refractivity contribution in [1.29, 1.82) is 0 Å². The average Bonchev–Trinajstić information content (AvgIpc) is 2.46. The minimum absolute atomic E-state index is 0.638. The van der Waals surface area contributed by atoms with Gasteiger partial charge in [-0.2, -0.15) is 5.10 Å². The van der Waals surface area contributed by atoms with Crippen molar-refractivity contribution in [2.24, 2.45) is 11.7 Å². The van der Waals surface area contributed by atoms with E-state index in [1.165, 1.54) is 6.42 Å². The Balaban J connectivity index is 2.18. The Morgan fingerprint density at radius 1 is 1.62 bits per heavy atom. The van der Waals surface area contributed by atoms with Crippen molar-refractivity contribution in [3.63, 3.8) is 0 Å². The molecule has 1 aliphatic rings. The molecule has 4 nitrogen and oxygen atoms in total. The van der Waals surface area contributed by atoms with Gasteiger partial charge in [0, 0.05) is 19.4 Å². The maximum absolute atomic E-state index is 5.46. The molecule has 2 N–H and O–H groups in total. The third-order valence-corrected chi connectivity index (χ3v) is 2.51. The van der Waals surface area contributed by atoms with Gasteiger partial charge in [0.2, 0.25) is 0 Å². The zero-order valence-electron chi connectivity index (χ0n) is 8.03. The van der Waals surface area contributed by atoms with E-state index in [4.69, 9.17) is 5.73 Å². The van der Waals surface area contributed by atoms with Crippen molar-refractivity contribution in [1.82, 2.24) is 14.8 Å². The third-order valence-electron chi connectivity index (χ3n) is 2.51. The second-order valence-electron chi connectivity index (χ2n) is 3.81. The van der Waals surface area contributed by atoms with Gasteiger partial charge in [0.05, 0.1) is 0 Å². The van der Waals surface area contributed by atoms with E-state index in [0.29, 0.717) is 6.54 Å². The maximum Gasteiger partial charge on any atom is 0.152 e. The Labute approximate surface area is 78.1 Å². The number of nitrogens with two attached hydrogens (primary N) is 1. The van der Waals surface area contributed by atoms with Crippen LogP contribution in [0.3, 0.4) is 0 Å². The van der Waals surface area contributed by atoms with Crippen LogP contribution in [-0.4, -0.2) is 21.3 Å². The molecule has 0 saturated heterocycles. The fourth-order valence-electron chi connectivity index (χ4n) is 1.75. The van der Waals surface area contributed by atoms with E-state index in [2.05, 4.69) is 17.0 Å². The minimum atomic E-state index is 0.638. The molecule has 0 amide bonds. The molecule has 72 valence electrons. The number of aryl methyl sites for hydroxylation is 1. The van der Waals surface area contributed by atoms with Crippen LogP contribution in [0.25, 0.3) is 0 Å². The van der Waals surface area contributed by atoms with E-state index in [0.717, 1.165) is 37.0 Å². The summed E-state index contributed by atoms with van der Waals surface area (Å²) < 4.78 is 2.04. The van der Waals surface area contributed by atoms with Crippen LogP contribution >= 0.6 is 0 Å². The summed E-state index contributed by atoms with van der Waals surface area (Å²) in [5, 5.41) is 4.42. The highest BCUT2D eigenvalue weighted by Crippen LogP contribution is 2.17. The minimum Gasteiger partial charge on any atom is -0.330 e. The van der Waals surface area contributed by atoms with E-state index in [9.17, 15) is 0 Å². The molecule has 2 heterocycles. The van der Waals surface area contributed by atoms with Crippen molar-refractivity contribution in [2.45, 2.75) is 32.7 Å². The molecular weight excluding hydrogens is 164 g/mol. The van der Waals surface area contributed by atoms with Crippen LogP contribution < -0.4 is 5.73 Å². The number of hydrogen-bond acceptors (Lipinski definition) is 3. The molecule has 1 unspecified atom stereocenters. The van der Waals surface area contributed by atoms with Gasteiger partial charge in [-0.15, -0.1) is 0 Å². The molecule has 0 saturated carbocycles. The number of hydrogen-bond donors (Lipinski definition) is 1. The van der Waals surface area contributed by atoms with Crippen molar-refractivity contribution >= 4 is 0 Å². The summed E-state index contributed by atoms with van der Waals surface area (Å²) in [6.45, 7) is 3.92. The number of fused-ring (bicyclic) bond motifs is 1. The van der Waals surface area contributed by atoms with Crippen LogP contribution in [0.2, 0.25) is 0 Å². The first-order chi connectivity index (χ1) is 6.29. The lowest BCUT2D eigenvalue weighted by molar-refractivity contribution is 0.367. The molecule has 1 aliphatic heterocycles. The monoisotopic (exact) mass is 180 g/mol. The Bertz CT molecular complexity index is 292. The standard InChI is InChI=1S/C9H16N4/c1-7-2-3-9-11-8(4-5-10)12-13(9)6-7/h7H,2-6,10H2,1H3. The van der Waals surface area contributed by atoms with Crippen LogP contribution in [-0.2, 0) is 19.4 Å². The molecule has 0 spiro atoms. The molecule has 1 atom stereocenters. The number of rotatable bonds is 2. The zero-order chi connectivity index (χ0) is 9.26. The summed E-state index contributed by atoms with van der Waals surface area (Å²) in [5.74, 6) is 2.79. The molecule has 0 bridgehead atoms. The van der Waals surface area contributed by atoms with Gasteiger partial charge >= 0.3 is 0 Å². The Kier molecular flexibility index (Phi) is 2.31. The first-order valence-electron chi connectivity index (χ1n) is 4.92. The van der Waals surface area contributed by atoms with E-state index >= 15 is 0 Å². The molecule has 0 aliphatic carbocycles. The molecule has 2 rings (SSSR count). The second kappa shape index (κ2) is 3.46. The second-order valence-corrected chi connectivity index (χ2v) is 3.81. The molecule has 0 aromatic carbocycles. The van der Waals surface area contributed by atoms with Crippen LogP contribution in [0.4, 0.5) is 0 Å². The summed E-state index contributed by atoms with van der Waals surface area (Å²) >= 11 is 0. The van der Waals surface area contributed by atoms with Crippen LogP contribution in [0.1, 0.15) is 25.0 Å². The predicted molar refractivity (Wildman–Crippen MR) is 50.3 cm³/mol. The van der Waals surface area contributed by atoms with E-state index < -0.39 is 0 Å². The van der Waals surface area contributed by atoms with Crippen LogP contribution in [0.15, 0.2) is 0 Å². The first kappa shape index (κ1) is 8.69. The third kappa shape index (κ3) is 1.72. The lowest BCUT2D eigenvalue weighted by atomic mass is 10.0. The quantitative estimate of drug-likeness (QED) is 0.715. The Hall–Kier alpha value is -0.900. The highest BCUT2D eigenvalue weighted by atomic mass is 15.4. The molecule has 1 aromatic rings. The fourth-order valence-corrected chi connectivity index (χ4v) is 1.75. The van der Waals surface area contributed by atoms with Gasteiger partial charge in [-0.25, -0.2) is 9.67 Å². The summed E-state index contributed by atoms with van der Waals surface area (Å²) in [4.78, 5) is 4.45.